The molecule has 1 fully saturated rings. The molecule has 1 rings (SSSR count). The lowest BCUT2D eigenvalue weighted by molar-refractivity contribution is -0.140. The van der Waals surface area contributed by atoms with Crippen LogP contribution in [0.2, 0.25) is 0 Å². The standard InChI is InChI=1S/C8H12N2O5S/c1-15-6(11)2-9-8(14)10-4-16-3-5(10)7(12)13/h5H,2-4H2,1H3,(H,9,14)(H,12,13)/t5-/m0/s1. The van der Waals surface area contributed by atoms with E-state index in [9.17, 15) is 14.4 Å². The van der Waals surface area contributed by atoms with Crippen molar-refractivity contribution in [1.29, 1.82) is 0 Å². The van der Waals surface area contributed by atoms with E-state index in [2.05, 4.69) is 10.1 Å². The van der Waals surface area contributed by atoms with Gasteiger partial charge >= 0.3 is 18.0 Å². The summed E-state index contributed by atoms with van der Waals surface area (Å²) in [5.41, 5.74) is 0. The molecule has 0 saturated carbocycles. The van der Waals surface area contributed by atoms with Crippen molar-refractivity contribution in [2.24, 2.45) is 0 Å². The van der Waals surface area contributed by atoms with Gasteiger partial charge in [0.15, 0.2) is 0 Å². The van der Waals surface area contributed by atoms with E-state index in [0.29, 0.717) is 11.6 Å². The molecule has 0 bridgehead atoms. The number of thioether (sulfide) groups is 1. The number of urea groups is 1. The van der Waals surface area contributed by atoms with Gasteiger partial charge in [-0.05, 0) is 0 Å². The van der Waals surface area contributed by atoms with Crippen LogP contribution in [0, 0.1) is 0 Å². The van der Waals surface area contributed by atoms with Crippen molar-refractivity contribution in [1.82, 2.24) is 10.2 Å². The van der Waals surface area contributed by atoms with Crippen molar-refractivity contribution < 1.29 is 24.2 Å². The highest BCUT2D eigenvalue weighted by Crippen LogP contribution is 2.20. The third kappa shape index (κ3) is 3.02. The number of carbonyl (C=O) groups excluding carboxylic acids is 2. The zero-order valence-corrected chi connectivity index (χ0v) is 9.45. The van der Waals surface area contributed by atoms with Crippen LogP contribution < -0.4 is 5.32 Å². The molecule has 0 aliphatic carbocycles. The Kier molecular flexibility index (Phi) is 4.41. The Morgan fingerprint density at radius 2 is 2.25 bits per heavy atom. The highest BCUT2D eigenvalue weighted by molar-refractivity contribution is 7.99. The van der Waals surface area contributed by atoms with Gasteiger partial charge in [0.2, 0.25) is 0 Å². The first kappa shape index (κ1) is 12.6. The maximum atomic E-state index is 11.5. The van der Waals surface area contributed by atoms with Gasteiger partial charge in [0.25, 0.3) is 0 Å². The summed E-state index contributed by atoms with van der Waals surface area (Å²) in [6.45, 7) is -0.261. The third-order valence-corrected chi connectivity index (χ3v) is 3.05. The summed E-state index contributed by atoms with van der Waals surface area (Å²) >= 11 is 1.36. The van der Waals surface area contributed by atoms with Crippen LogP contribution >= 0.6 is 11.8 Å². The van der Waals surface area contributed by atoms with Crippen LogP contribution in [-0.2, 0) is 14.3 Å². The fraction of sp³-hybridized carbons (Fsp3) is 0.625. The minimum atomic E-state index is -1.04. The number of nitrogens with zero attached hydrogens (tertiary/aromatic N) is 1. The van der Waals surface area contributed by atoms with E-state index in [0.717, 1.165) is 0 Å². The van der Waals surface area contributed by atoms with Crippen molar-refractivity contribution in [2.75, 3.05) is 25.3 Å². The van der Waals surface area contributed by atoms with Crippen LogP contribution in [0.4, 0.5) is 4.79 Å². The lowest BCUT2D eigenvalue weighted by Gasteiger charge is -2.20. The molecule has 1 aliphatic rings. The highest BCUT2D eigenvalue weighted by atomic mass is 32.2. The highest BCUT2D eigenvalue weighted by Gasteiger charge is 2.34. The number of carboxylic acid groups (broad SMARTS) is 1. The van der Waals surface area contributed by atoms with Crippen molar-refractivity contribution in [3.63, 3.8) is 0 Å². The molecule has 1 aliphatic heterocycles. The number of amides is 2. The van der Waals surface area contributed by atoms with Crippen molar-refractivity contribution >= 4 is 29.7 Å². The number of nitrogens with one attached hydrogen (secondary N) is 1. The van der Waals surface area contributed by atoms with E-state index in [1.807, 2.05) is 0 Å². The number of methoxy groups -OCH3 is 1. The van der Waals surface area contributed by atoms with Crippen molar-refractivity contribution in [2.45, 2.75) is 6.04 Å². The van der Waals surface area contributed by atoms with Crippen LogP contribution in [0.5, 0.6) is 0 Å². The zero-order valence-electron chi connectivity index (χ0n) is 8.63. The van der Waals surface area contributed by atoms with E-state index in [1.165, 1.54) is 23.8 Å². The predicted molar refractivity (Wildman–Crippen MR) is 56.0 cm³/mol. The topological polar surface area (TPSA) is 95.9 Å². The maximum absolute atomic E-state index is 11.5. The van der Waals surface area contributed by atoms with E-state index < -0.39 is 24.0 Å². The average molecular weight is 248 g/mol. The minimum Gasteiger partial charge on any atom is -0.480 e. The van der Waals surface area contributed by atoms with Crippen LogP contribution in [0.3, 0.4) is 0 Å². The van der Waals surface area contributed by atoms with Crippen LogP contribution in [0.15, 0.2) is 0 Å². The van der Waals surface area contributed by atoms with Crippen molar-refractivity contribution in [3.05, 3.63) is 0 Å². The van der Waals surface area contributed by atoms with Crippen LogP contribution in [-0.4, -0.2) is 59.3 Å². The lowest BCUT2D eigenvalue weighted by atomic mass is 10.3. The molecule has 7 nitrogen and oxygen atoms in total. The number of esters is 1. The smallest absolute Gasteiger partial charge is 0.327 e. The summed E-state index contributed by atoms with van der Waals surface area (Å²) < 4.78 is 4.34. The number of carboxylic acids is 1. The SMILES string of the molecule is COC(=O)CNC(=O)N1CSC[C@H]1C(=O)O. The normalized spacial score (nSPS) is 19.3. The number of aliphatic carboxylic acids is 1. The minimum absolute atomic E-state index is 0.261. The molecule has 2 N–H and O–H groups in total. The third-order valence-electron chi connectivity index (χ3n) is 2.04. The Labute approximate surface area is 96.1 Å². The Balaban J connectivity index is 2.47. The van der Waals surface area contributed by atoms with Crippen LogP contribution in [0.25, 0.3) is 0 Å². The molecule has 0 aromatic rings. The quantitative estimate of drug-likeness (QED) is 0.643. The van der Waals surface area contributed by atoms with Crippen molar-refractivity contribution in [3.8, 4) is 0 Å². The fourth-order valence-electron chi connectivity index (χ4n) is 1.17. The van der Waals surface area contributed by atoms with Gasteiger partial charge in [-0.3, -0.25) is 4.79 Å². The number of rotatable bonds is 3. The van der Waals surface area contributed by atoms with Gasteiger partial charge in [-0.2, -0.15) is 0 Å². The molecule has 16 heavy (non-hydrogen) atoms. The summed E-state index contributed by atoms with van der Waals surface area (Å²) in [7, 11) is 1.21. The maximum Gasteiger partial charge on any atom is 0.327 e. The predicted octanol–water partition coefficient (Wildman–Crippen LogP) is -0.671. The van der Waals surface area contributed by atoms with E-state index in [-0.39, 0.29) is 6.54 Å². The number of carbonyl (C=O) groups is 3. The van der Waals surface area contributed by atoms with Gasteiger partial charge in [-0.25, -0.2) is 9.59 Å². The van der Waals surface area contributed by atoms with Gasteiger partial charge < -0.3 is 20.1 Å². The molecule has 0 aromatic carbocycles. The number of hydrogen-bond donors (Lipinski definition) is 2. The Hall–Kier alpha value is -1.44. The molecule has 0 unspecified atom stereocenters. The molecule has 0 spiro atoms. The molecule has 0 radical (unpaired) electrons. The zero-order chi connectivity index (χ0) is 12.1. The molecule has 0 aromatic heterocycles. The molecule has 1 atom stereocenters. The summed E-state index contributed by atoms with van der Waals surface area (Å²) in [6, 6.07) is -1.40. The number of hydrogen-bond acceptors (Lipinski definition) is 5. The van der Waals surface area contributed by atoms with Gasteiger partial charge in [-0.15, -0.1) is 11.8 Å². The summed E-state index contributed by atoms with van der Waals surface area (Å²) in [4.78, 5) is 34.2. The summed E-state index contributed by atoms with van der Waals surface area (Å²) in [6.07, 6.45) is 0. The van der Waals surface area contributed by atoms with Gasteiger partial charge in [0, 0.05) is 5.75 Å². The molecule has 8 heteroatoms. The fourth-order valence-corrected chi connectivity index (χ4v) is 2.31. The molecular formula is C8H12N2O5S. The first-order valence-corrected chi connectivity index (χ1v) is 5.63. The average Bonchev–Trinajstić information content (AvgIpc) is 2.74. The lowest BCUT2D eigenvalue weighted by Crippen LogP contribution is -2.48. The Bertz CT molecular complexity index is 309. The molecule has 2 amide bonds. The van der Waals surface area contributed by atoms with E-state index >= 15 is 0 Å². The van der Waals surface area contributed by atoms with Gasteiger partial charge in [0.05, 0.1) is 13.0 Å². The Morgan fingerprint density at radius 3 is 2.81 bits per heavy atom. The second-order valence-corrected chi connectivity index (χ2v) is 4.06. The molecule has 90 valence electrons. The first-order valence-electron chi connectivity index (χ1n) is 4.48. The molecular weight excluding hydrogens is 236 g/mol. The Morgan fingerprint density at radius 1 is 1.56 bits per heavy atom. The van der Waals surface area contributed by atoms with Gasteiger partial charge in [-0.1, -0.05) is 0 Å². The first-order chi connectivity index (χ1) is 7.56. The van der Waals surface area contributed by atoms with Gasteiger partial charge in [0.1, 0.15) is 12.6 Å². The monoisotopic (exact) mass is 248 g/mol. The number of ether oxygens (including phenoxy) is 1. The molecule has 1 heterocycles. The summed E-state index contributed by atoms with van der Waals surface area (Å²) in [5, 5.41) is 11.1. The largest absolute Gasteiger partial charge is 0.480 e. The van der Waals surface area contributed by atoms with E-state index in [1.54, 1.807) is 0 Å². The van der Waals surface area contributed by atoms with Crippen LogP contribution in [0.1, 0.15) is 0 Å². The van der Waals surface area contributed by atoms with E-state index in [4.69, 9.17) is 5.11 Å². The second kappa shape index (κ2) is 5.59. The molecule has 1 saturated heterocycles. The summed E-state index contributed by atoms with van der Waals surface area (Å²) in [5.74, 6) is -0.949. The second-order valence-electron chi connectivity index (χ2n) is 3.06.